The molecule has 0 spiro atoms. The number of aromatic hydroxyl groups is 1. The van der Waals surface area contributed by atoms with Crippen LogP contribution in [0.15, 0.2) is 35.0 Å². The van der Waals surface area contributed by atoms with Crippen molar-refractivity contribution in [2.75, 3.05) is 13.2 Å². The molecular weight excluding hydrogens is 352 g/mol. The van der Waals surface area contributed by atoms with Gasteiger partial charge in [-0.2, -0.15) is 0 Å². The quantitative estimate of drug-likeness (QED) is 0.477. The predicted molar refractivity (Wildman–Crippen MR) is 85.4 cm³/mol. The van der Waals surface area contributed by atoms with Crippen molar-refractivity contribution in [1.82, 2.24) is 10.2 Å². The molecule has 6 nitrogen and oxygen atoms in total. The molecule has 2 N–H and O–H groups in total. The number of imide groups is 1. The average molecular weight is 367 g/mol. The van der Waals surface area contributed by atoms with Crippen LogP contribution in [-0.2, 0) is 4.79 Å². The Morgan fingerprint density at radius 2 is 2.18 bits per heavy atom. The van der Waals surface area contributed by atoms with E-state index < -0.39 is 11.9 Å². The molecule has 116 valence electrons. The Labute approximate surface area is 136 Å². The van der Waals surface area contributed by atoms with Gasteiger partial charge in [0.2, 0.25) is 0 Å². The monoisotopic (exact) mass is 366 g/mol. The zero-order chi connectivity index (χ0) is 16.3. The van der Waals surface area contributed by atoms with Crippen molar-refractivity contribution >= 4 is 33.9 Å². The summed E-state index contributed by atoms with van der Waals surface area (Å²) in [5.74, 6) is -0.144. The second kappa shape index (κ2) is 6.65. The molecule has 22 heavy (non-hydrogen) atoms. The van der Waals surface area contributed by atoms with Crippen LogP contribution in [0.1, 0.15) is 12.5 Å². The maximum absolute atomic E-state index is 12.1. The van der Waals surface area contributed by atoms with Crippen LogP contribution in [0.5, 0.6) is 11.5 Å². The van der Waals surface area contributed by atoms with E-state index in [2.05, 4.69) is 27.8 Å². The summed E-state index contributed by atoms with van der Waals surface area (Å²) in [6.07, 6.45) is 3.00. The Bertz CT molecular complexity index is 670. The number of hydrogen-bond donors (Lipinski definition) is 2. The molecule has 1 heterocycles. The van der Waals surface area contributed by atoms with Gasteiger partial charge in [0.15, 0.2) is 11.5 Å². The lowest BCUT2D eigenvalue weighted by molar-refractivity contribution is -0.122. The Hall–Kier alpha value is -2.28. The molecule has 7 heteroatoms. The largest absolute Gasteiger partial charge is 0.503 e. The first-order valence-electron chi connectivity index (χ1n) is 6.58. The number of urea groups is 1. The smallest absolute Gasteiger partial charge is 0.329 e. The molecule has 1 fully saturated rings. The van der Waals surface area contributed by atoms with Crippen LogP contribution in [0.2, 0.25) is 0 Å². The number of nitrogens with one attached hydrogen (secondary N) is 1. The number of rotatable bonds is 5. The van der Waals surface area contributed by atoms with Crippen molar-refractivity contribution in [2.45, 2.75) is 6.92 Å². The van der Waals surface area contributed by atoms with Crippen LogP contribution in [0.25, 0.3) is 6.08 Å². The zero-order valence-electron chi connectivity index (χ0n) is 11.9. The van der Waals surface area contributed by atoms with Crippen LogP contribution in [0, 0.1) is 0 Å². The van der Waals surface area contributed by atoms with Crippen molar-refractivity contribution < 1.29 is 19.4 Å². The fourth-order valence-electron chi connectivity index (χ4n) is 1.98. The van der Waals surface area contributed by atoms with Gasteiger partial charge >= 0.3 is 6.03 Å². The summed E-state index contributed by atoms with van der Waals surface area (Å²) in [5.41, 5.74) is 0.768. The molecule has 0 atom stereocenters. The first-order chi connectivity index (χ1) is 10.5. The van der Waals surface area contributed by atoms with E-state index in [-0.39, 0.29) is 18.0 Å². The summed E-state index contributed by atoms with van der Waals surface area (Å²) in [6.45, 7) is 5.85. The van der Waals surface area contributed by atoms with E-state index >= 15 is 0 Å². The summed E-state index contributed by atoms with van der Waals surface area (Å²) in [6, 6.07) is 2.73. The standard InChI is InChI=1S/C15H15BrN2O4/c1-3-5-18-14(20)11(17-15(18)21)7-9-6-10(16)13(19)12(8-9)22-4-2/h3,6-8,19H,1,4-5H2,2H3,(H,17,21). The van der Waals surface area contributed by atoms with E-state index in [1.165, 1.54) is 12.2 Å². The lowest BCUT2D eigenvalue weighted by Gasteiger charge is -2.09. The van der Waals surface area contributed by atoms with Gasteiger partial charge in [-0.05, 0) is 46.6 Å². The summed E-state index contributed by atoms with van der Waals surface area (Å²) in [4.78, 5) is 24.9. The highest BCUT2D eigenvalue weighted by Gasteiger charge is 2.32. The summed E-state index contributed by atoms with van der Waals surface area (Å²) >= 11 is 3.22. The van der Waals surface area contributed by atoms with Crippen molar-refractivity contribution in [3.8, 4) is 11.5 Å². The molecule has 1 aromatic rings. The highest BCUT2D eigenvalue weighted by Crippen LogP contribution is 2.36. The third-order valence-corrected chi connectivity index (χ3v) is 3.54. The summed E-state index contributed by atoms with van der Waals surface area (Å²) in [5, 5.41) is 12.4. The van der Waals surface area contributed by atoms with Crippen molar-refractivity contribution in [3.05, 3.63) is 40.5 Å². The number of ether oxygens (including phenoxy) is 1. The van der Waals surface area contributed by atoms with Gasteiger partial charge in [-0.15, -0.1) is 6.58 Å². The van der Waals surface area contributed by atoms with Crippen molar-refractivity contribution in [1.29, 1.82) is 0 Å². The fraction of sp³-hybridized carbons (Fsp3) is 0.200. The van der Waals surface area contributed by atoms with E-state index in [1.807, 2.05) is 0 Å². The third-order valence-electron chi connectivity index (χ3n) is 2.94. The van der Waals surface area contributed by atoms with Gasteiger partial charge < -0.3 is 15.2 Å². The molecular formula is C15H15BrN2O4. The number of benzene rings is 1. The van der Waals surface area contributed by atoms with Gasteiger partial charge in [-0.3, -0.25) is 9.69 Å². The molecule has 1 saturated heterocycles. The predicted octanol–water partition coefficient (Wildman–Crippen LogP) is 2.63. The maximum Gasteiger partial charge on any atom is 0.329 e. The fourth-order valence-corrected chi connectivity index (χ4v) is 2.44. The van der Waals surface area contributed by atoms with Crippen LogP contribution >= 0.6 is 15.9 Å². The van der Waals surface area contributed by atoms with Gasteiger partial charge in [0.1, 0.15) is 5.70 Å². The number of carbonyl (C=O) groups excluding carboxylic acids is 2. The molecule has 1 aliphatic heterocycles. The minimum Gasteiger partial charge on any atom is -0.503 e. The minimum absolute atomic E-state index is 0.0148. The van der Waals surface area contributed by atoms with E-state index in [9.17, 15) is 14.7 Å². The van der Waals surface area contributed by atoms with Gasteiger partial charge in [0, 0.05) is 6.54 Å². The van der Waals surface area contributed by atoms with E-state index in [0.717, 1.165) is 4.90 Å². The first-order valence-corrected chi connectivity index (χ1v) is 7.38. The first kappa shape index (κ1) is 16.1. The molecule has 0 unspecified atom stereocenters. The van der Waals surface area contributed by atoms with Gasteiger partial charge in [-0.1, -0.05) is 6.08 Å². The highest BCUT2D eigenvalue weighted by molar-refractivity contribution is 9.10. The normalized spacial score (nSPS) is 16.1. The lowest BCUT2D eigenvalue weighted by Crippen LogP contribution is -2.30. The van der Waals surface area contributed by atoms with E-state index in [1.54, 1.807) is 19.1 Å². The van der Waals surface area contributed by atoms with Gasteiger partial charge in [0.25, 0.3) is 5.91 Å². The number of nitrogens with zero attached hydrogens (tertiary/aromatic N) is 1. The molecule has 0 radical (unpaired) electrons. The Balaban J connectivity index is 2.35. The van der Waals surface area contributed by atoms with Crippen LogP contribution < -0.4 is 10.1 Å². The van der Waals surface area contributed by atoms with Crippen LogP contribution in [-0.4, -0.2) is 35.1 Å². The van der Waals surface area contributed by atoms with Crippen molar-refractivity contribution in [3.63, 3.8) is 0 Å². The number of amides is 3. The summed E-state index contributed by atoms with van der Waals surface area (Å²) in [7, 11) is 0. The third kappa shape index (κ3) is 3.14. The van der Waals surface area contributed by atoms with Gasteiger partial charge in [-0.25, -0.2) is 4.79 Å². The molecule has 3 amide bonds. The van der Waals surface area contributed by atoms with E-state index in [4.69, 9.17) is 4.74 Å². The Morgan fingerprint density at radius 1 is 1.45 bits per heavy atom. The zero-order valence-corrected chi connectivity index (χ0v) is 13.5. The van der Waals surface area contributed by atoms with Crippen LogP contribution in [0.3, 0.4) is 0 Å². The van der Waals surface area contributed by atoms with Gasteiger partial charge in [0.05, 0.1) is 11.1 Å². The Morgan fingerprint density at radius 3 is 2.82 bits per heavy atom. The SMILES string of the molecule is C=CCN1C(=O)NC(=Cc2cc(Br)c(O)c(OCC)c2)C1=O. The maximum atomic E-state index is 12.1. The topological polar surface area (TPSA) is 78.9 Å². The lowest BCUT2D eigenvalue weighted by atomic mass is 10.1. The van der Waals surface area contributed by atoms with Crippen LogP contribution in [0.4, 0.5) is 4.79 Å². The second-order valence-electron chi connectivity index (χ2n) is 4.48. The molecule has 0 aromatic heterocycles. The highest BCUT2D eigenvalue weighted by atomic mass is 79.9. The summed E-state index contributed by atoms with van der Waals surface area (Å²) < 4.78 is 5.76. The second-order valence-corrected chi connectivity index (χ2v) is 5.33. The number of hydrogen-bond acceptors (Lipinski definition) is 4. The number of phenolic OH excluding ortho intramolecular Hbond substituents is 1. The average Bonchev–Trinajstić information content (AvgIpc) is 2.72. The molecule has 0 saturated carbocycles. The minimum atomic E-state index is -0.487. The molecule has 2 rings (SSSR count). The van der Waals surface area contributed by atoms with E-state index in [0.29, 0.717) is 22.4 Å². The molecule has 0 aliphatic carbocycles. The Kier molecular flexibility index (Phi) is 4.87. The number of carbonyl (C=O) groups is 2. The van der Waals surface area contributed by atoms with Crippen molar-refractivity contribution in [2.24, 2.45) is 0 Å². The number of phenols is 1. The molecule has 0 bridgehead atoms. The molecule has 1 aromatic carbocycles. The number of halogens is 1. The molecule has 1 aliphatic rings.